The van der Waals surface area contributed by atoms with Crippen LogP contribution in [-0.4, -0.2) is 34.6 Å². The molecule has 4 aromatic heterocycles. The second-order valence-electron chi connectivity index (χ2n) is 7.16. The summed E-state index contributed by atoms with van der Waals surface area (Å²) < 4.78 is 2.01. The van der Waals surface area contributed by atoms with Crippen molar-refractivity contribution in [2.75, 3.05) is 0 Å². The van der Waals surface area contributed by atoms with Crippen molar-refractivity contribution in [2.45, 2.75) is 18.6 Å². The number of H-pyrrole nitrogens is 1. The Hall–Kier alpha value is -3.36. The van der Waals surface area contributed by atoms with Gasteiger partial charge in [-0.15, -0.1) is 11.3 Å². The van der Waals surface area contributed by atoms with Crippen LogP contribution in [0, 0.1) is 0 Å². The van der Waals surface area contributed by atoms with E-state index in [0.29, 0.717) is 12.2 Å². The molecule has 0 fully saturated rings. The van der Waals surface area contributed by atoms with Gasteiger partial charge in [0.1, 0.15) is 28.4 Å². The molecule has 0 saturated carbocycles. The molecule has 0 radical (unpaired) electrons. The summed E-state index contributed by atoms with van der Waals surface area (Å²) in [4.78, 5) is 20.8. The van der Waals surface area contributed by atoms with Crippen molar-refractivity contribution in [3.63, 3.8) is 0 Å². The molecule has 1 aliphatic heterocycles. The smallest absolute Gasteiger partial charge is 0.149 e. The molecule has 1 unspecified atom stereocenters. The molecule has 7 nitrogen and oxygen atoms in total. The quantitative estimate of drug-likeness (QED) is 0.483. The number of aryl methyl sites for hydroxylation is 1. The number of hydrogen-bond donors (Lipinski definition) is 2. The topological polar surface area (TPSA) is 92.5 Å². The Morgan fingerprint density at radius 3 is 3.17 bits per heavy atom. The van der Waals surface area contributed by atoms with E-state index in [4.69, 9.17) is 4.98 Å². The zero-order valence-electron chi connectivity index (χ0n) is 15.3. The SMILES string of the molecule is OC1(c2cccc(-c3csc(-c4c[nH]c5ncncc45)n3)c2)CCn2ccnc21. The highest BCUT2D eigenvalue weighted by molar-refractivity contribution is 7.13. The van der Waals surface area contributed by atoms with Gasteiger partial charge < -0.3 is 14.7 Å². The molecule has 0 spiro atoms. The van der Waals surface area contributed by atoms with Gasteiger partial charge in [-0.2, -0.15) is 0 Å². The lowest BCUT2D eigenvalue weighted by molar-refractivity contribution is 0.0786. The lowest BCUT2D eigenvalue weighted by atomic mass is 9.90. The first-order valence-electron chi connectivity index (χ1n) is 9.30. The first kappa shape index (κ1) is 16.6. The van der Waals surface area contributed by atoms with Gasteiger partial charge in [0.05, 0.1) is 5.69 Å². The Morgan fingerprint density at radius 1 is 1.24 bits per heavy atom. The van der Waals surface area contributed by atoms with E-state index in [-0.39, 0.29) is 0 Å². The van der Waals surface area contributed by atoms with Crippen LogP contribution in [0.15, 0.2) is 60.8 Å². The van der Waals surface area contributed by atoms with Crippen LogP contribution in [-0.2, 0) is 12.1 Å². The Bertz CT molecular complexity index is 1350. The van der Waals surface area contributed by atoms with Crippen LogP contribution in [0.25, 0.3) is 32.9 Å². The predicted molar refractivity (Wildman–Crippen MR) is 110 cm³/mol. The number of imidazole rings is 1. The molecule has 8 heteroatoms. The van der Waals surface area contributed by atoms with Crippen LogP contribution in [0.3, 0.4) is 0 Å². The van der Waals surface area contributed by atoms with E-state index in [9.17, 15) is 5.11 Å². The van der Waals surface area contributed by atoms with Crippen LogP contribution < -0.4 is 0 Å². The molecule has 1 aromatic carbocycles. The second-order valence-corrected chi connectivity index (χ2v) is 8.02. The summed E-state index contributed by atoms with van der Waals surface area (Å²) in [6, 6.07) is 7.96. The number of thiazole rings is 1. The van der Waals surface area contributed by atoms with E-state index in [0.717, 1.165) is 45.0 Å². The molecule has 29 heavy (non-hydrogen) atoms. The van der Waals surface area contributed by atoms with E-state index >= 15 is 0 Å². The van der Waals surface area contributed by atoms with Crippen molar-refractivity contribution in [3.8, 4) is 21.8 Å². The molecule has 1 atom stereocenters. The molecule has 2 N–H and O–H groups in total. The predicted octanol–water partition coefficient (Wildman–Crippen LogP) is 3.58. The molecule has 142 valence electrons. The third kappa shape index (κ3) is 2.46. The summed E-state index contributed by atoms with van der Waals surface area (Å²) in [6.45, 7) is 0.763. The third-order valence-electron chi connectivity index (χ3n) is 5.53. The molecule has 0 saturated heterocycles. The van der Waals surface area contributed by atoms with Crippen molar-refractivity contribution in [1.29, 1.82) is 0 Å². The van der Waals surface area contributed by atoms with Crippen LogP contribution in [0.1, 0.15) is 17.8 Å². The van der Waals surface area contributed by atoms with Crippen molar-refractivity contribution >= 4 is 22.4 Å². The standard InChI is InChI=1S/C21H16N6OS/c28-21(4-6-27-7-5-23-20(21)27)14-3-1-2-13(8-14)17-11-29-19(26-17)16-10-24-18-15(16)9-22-12-25-18/h1-3,5,7-12,28H,4,6H2,(H,22,24,25). The largest absolute Gasteiger partial charge is 0.377 e. The monoisotopic (exact) mass is 400 g/mol. The lowest BCUT2D eigenvalue weighted by Gasteiger charge is -2.22. The summed E-state index contributed by atoms with van der Waals surface area (Å²) in [5, 5.41) is 15.2. The number of aromatic amines is 1. The number of aliphatic hydroxyl groups is 1. The highest BCUT2D eigenvalue weighted by atomic mass is 32.1. The minimum absolute atomic E-state index is 0.622. The molecular weight excluding hydrogens is 384 g/mol. The van der Waals surface area contributed by atoms with Crippen molar-refractivity contribution < 1.29 is 5.11 Å². The van der Waals surface area contributed by atoms with Gasteiger partial charge in [-0.3, -0.25) is 0 Å². The van der Waals surface area contributed by atoms with Gasteiger partial charge in [0, 0.05) is 59.6 Å². The second kappa shape index (κ2) is 6.07. The van der Waals surface area contributed by atoms with E-state index in [1.807, 2.05) is 46.6 Å². The van der Waals surface area contributed by atoms with Gasteiger partial charge in [-0.1, -0.05) is 18.2 Å². The molecule has 0 bridgehead atoms. The normalized spacial score (nSPS) is 18.4. The first-order valence-corrected chi connectivity index (χ1v) is 10.2. The van der Waals surface area contributed by atoms with Gasteiger partial charge in [0.25, 0.3) is 0 Å². The van der Waals surface area contributed by atoms with Gasteiger partial charge >= 0.3 is 0 Å². The van der Waals surface area contributed by atoms with Gasteiger partial charge in [0.15, 0.2) is 0 Å². The third-order valence-corrected chi connectivity index (χ3v) is 6.40. The van der Waals surface area contributed by atoms with Crippen molar-refractivity contribution in [3.05, 3.63) is 72.1 Å². The number of benzene rings is 1. The van der Waals surface area contributed by atoms with Crippen LogP contribution in [0.5, 0.6) is 0 Å². The Balaban J connectivity index is 1.40. The fourth-order valence-electron chi connectivity index (χ4n) is 4.02. The molecule has 1 aliphatic rings. The maximum Gasteiger partial charge on any atom is 0.149 e. The van der Waals surface area contributed by atoms with Crippen molar-refractivity contribution in [2.24, 2.45) is 0 Å². The minimum atomic E-state index is -1.06. The fourth-order valence-corrected chi connectivity index (χ4v) is 4.88. The van der Waals surface area contributed by atoms with Gasteiger partial charge in [0.2, 0.25) is 0 Å². The lowest BCUT2D eigenvalue weighted by Crippen LogP contribution is -2.25. The van der Waals surface area contributed by atoms with Gasteiger partial charge in [-0.25, -0.2) is 19.9 Å². The molecular formula is C21H16N6OS. The summed E-state index contributed by atoms with van der Waals surface area (Å²) in [5.41, 5.74) is 3.42. The summed E-state index contributed by atoms with van der Waals surface area (Å²) in [6.07, 6.45) is 9.51. The number of hydrogen-bond acceptors (Lipinski definition) is 6. The average molecular weight is 400 g/mol. The number of nitrogens with zero attached hydrogens (tertiary/aromatic N) is 5. The molecule has 5 aromatic rings. The maximum atomic E-state index is 11.3. The molecule has 5 heterocycles. The number of aromatic nitrogens is 6. The van der Waals surface area contributed by atoms with Crippen molar-refractivity contribution in [1.82, 2.24) is 29.5 Å². The minimum Gasteiger partial charge on any atom is -0.377 e. The highest BCUT2D eigenvalue weighted by Gasteiger charge is 2.40. The Morgan fingerprint density at radius 2 is 2.21 bits per heavy atom. The highest BCUT2D eigenvalue weighted by Crippen LogP contribution is 2.39. The number of rotatable bonds is 3. The summed E-state index contributed by atoms with van der Waals surface area (Å²) >= 11 is 1.58. The molecule has 0 amide bonds. The zero-order valence-corrected chi connectivity index (χ0v) is 16.1. The fraction of sp³-hybridized carbons (Fsp3) is 0.143. The zero-order chi connectivity index (χ0) is 19.4. The molecule has 6 rings (SSSR count). The van der Waals surface area contributed by atoms with E-state index in [1.165, 1.54) is 6.33 Å². The number of fused-ring (bicyclic) bond motifs is 2. The summed E-state index contributed by atoms with van der Waals surface area (Å²) in [7, 11) is 0. The van der Waals surface area contributed by atoms with Crippen LogP contribution >= 0.6 is 11.3 Å². The van der Waals surface area contributed by atoms with Gasteiger partial charge in [-0.05, 0) is 11.6 Å². The Labute approximate surface area is 169 Å². The average Bonchev–Trinajstić information content (AvgIpc) is 3.53. The van der Waals surface area contributed by atoms with E-state index in [1.54, 1.807) is 23.7 Å². The maximum absolute atomic E-state index is 11.3. The van der Waals surface area contributed by atoms with Crippen LogP contribution in [0.2, 0.25) is 0 Å². The number of nitrogens with one attached hydrogen (secondary N) is 1. The van der Waals surface area contributed by atoms with E-state index < -0.39 is 5.60 Å². The molecule has 0 aliphatic carbocycles. The van der Waals surface area contributed by atoms with E-state index in [2.05, 4.69) is 19.9 Å². The summed E-state index contributed by atoms with van der Waals surface area (Å²) in [5.74, 6) is 0.701. The first-order chi connectivity index (χ1) is 14.2. The van der Waals surface area contributed by atoms with Crippen LogP contribution in [0.4, 0.5) is 0 Å². The Kier molecular flexibility index (Phi) is 3.47.